The number of methoxy groups -OCH3 is 1. The van der Waals surface area contributed by atoms with Crippen molar-refractivity contribution < 1.29 is 17.9 Å². The summed E-state index contributed by atoms with van der Waals surface area (Å²) in [6.07, 6.45) is -2.71. The summed E-state index contributed by atoms with van der Waals surface area (Å²) in [5, 5.41) is 5.88. The minimum atomic E-state index is -2.71. The Hall–Kier alpha value is -1.72. The zero-order chi connectivity index (χ0) is 11.0. The van der Waals surface area contributed by atoms with E-state index in [0.717, 1.165) is 6.07 Å². The van der Waals surface area contributed by atoms with Crippen LogP contribution in [0.1, 0.15) is 12.1 Å². The van der Waals surface area contributed by atoms with Crippen LogP contribution in [-0.4, -0.2) is 17.3 Å². The number of H-pyrrole nitrogens is 1. The van der Waals surface area contributed by atoms with Gasteiger partial charge in [-0.3, -0.25) is 5.10 Å². The van der Waals surface area contributed by atoms with E-state index in [0.29, 0.717) is 0 Å². The van der Waals surface area contributed by atoms with Gasteiger partial charge in [-0.15, -0.1) is 0 Å². The van der Waals surface area contributed by atoms with Gasteiger partial charge in [0.2, 0.25) is 0 Å². The molecule has 0 spiro atoms. The standard InChI is InChI=1S/C9H7F3N2O/c1-15-7-3-6-4(2-5(7)10)8(9(11)12)14-13-6/h2-3,9H,1H3,(H,13,14). The van der Waals surface area contributed by atoms with Crippen molar-refractivity contribution in [3.63, 3.8) is 0 Å². The minimum Gasteiger partial charge on any atom is -0.494 e. The van der Waals surface area contributed by atoms with E-state index in [1.165, 1.54) is 13.2 Å². The third kappa shape index (κ3) is 1.51. The molecule has 1 aromatic carbocycles. The average Bonchev–Trinajstić information content (AvgIpc) is 2.59. The largest absolute Gasteiger partial charge is 0.494 e. The van der Waals surface area contributed by atoms with Crippen LogP contribution in [0, 0.1) is 5.82 Å². The number of nitrogens with zero attached hydrogens (tertiary/aromatic N) is 1. The van der Waals surface area contributed by atoms with E-state index >= 15 is 0 Å². The van der Waals surface area contributed by atoms with Crippen molar-refractivity contribution in [1.29, 1.82) is 0 Å². The maximum Gasteiger partial charge on any atom is 0.280 e. The molecule has 0 fully saturated rings. The van der Waals surface area contributed by atoms with Gasteiger partial charge in [-0.1, -0.05) is 0 Å². The molecule has 2 rings (SSSR count). The van der Waals surface area contributed by atoms with E-state index in [4.69, 9.17) is 4.74 Å². The van der Waals surface area contributed by atoms with E-state index in [1.54, 1.807) is 0 Å². The van der Waals surface area contributed by atoms with Crippen LogP contribution >= 0.6 is 0 Å². The van der Waals surface area contributed by atoms with Crippen molar-refractivity contribution in [2.45, 2.75) is 6.43 Å². The number of fused-ring (bicyclic) bond motifs is 1. The predicted molar refractivity (Wildman–Crippen MR) is 47.6 cm³/mol. The molecule has 15 heavy (non-hydrogen) atoms. The second-order valence-corrected chi connectivity index (χ2v) is 2.94. The first kappa shape index (κ1) is 9.82. The molecule has 0 aliphatic heterocycles. The van der Waals surface area contributed by atoms with Crippen LogP contribution in [0.3, 0.4) is 0 Å². The molecule has 0 unspecified atom stereocenters. The molecular weight excluding hydrogens is 209 g/mol. The SMILES string of the molecule is COc1cc2n[nH]c(C(F)F)c2cc1F. The first-order valence-electron chi connectivity index (χ1n) is 4.13. The van der Waals surface area contributed by atoms with Gasteiger partial charge in [0, 0.05) is 11.5 Å². The van der Waals surface area contributed by atoms with Crippen molar-refractivity contribution in [3.05, 3.63) is 23.6 Å². The van der Waals surface area contributed by atoms with Gasteiger partial charge < -0.3 is 4.74 Å². The normalized spacial score (nSPS) is 11.3. The number of alkyl halides is 2. The molecule has 1 heterocycles. The number of aromatic nitrogens is 2. The Bertz CT molecular complexity index is 495. The van der Waals surface area contributed by atoms with Crippen LogP contribution in [0.5, 0.6) is 5.75 Å². The summed E-state index contributed by atoms with van der Waals surface area (Å²) in [6.45, 7) is 0. The molecule has 0 bridgehead atoms. The molecule has 0 atom stereocenters. The van der Waals surface area contributed by atoms with Crippen LogP contribution in [0.2, 0.25) is 0 Å². The molecule has 0 aliphatic rings. The van der Waals surface area contributed by atoms with Gasteiger partial charge in [-0.2, -0.15) is 5.10 Å². The van der Waals surface area contributed by atoms with E-state index in [2.05, 4.69) is 10.2 Å². The maximum atomic E-state index is 13.2. The van der Waals surface area contributed by atoms with Gasteiger partial charge in [0.05, 0.1) is 12.6 Å². The van der Waals surface area contributed by atoms with Crippen molar-refractivity contribution in [2.75, 3.05) is 7.11 Å². The van der Waals surface area contributed by atoms with Crippen molar-refractivity contribution in [3.8, 4) is 5.75 Å². The quantitative estimate of drug-likeness (QED) is 0.837. The number of hydrogen-bond donors (Lipinski definition) is 1. The van der Waals surface area contributed by atoms with Gasteiger partial charge >= 0.3 is 0 Å². The molecule has 0 radical (unpaired) electrons. The van der Waals surface area contributed by atoms with Crippen molar-refractivity contribution >= 4 is 10.9 Å². The topological polar surface area (TPSA) is 37.9 Å². The highest BCUT2D eigenvalue weighted by molar-refractivity contribution is 5.83. The number of ether oxygens (including phenoxy) is 1. The maximum absolute atomic E-state index is 13.2. The summed E-state index contributed by atoms with van der Waals surface area (Å²) >= 11 is 0. The Kier molecular flexibility index (Phi) is 2.26. The van der Waals surface area contributed by atoms with E-state index < -0.39 is 12.2 Å². The lowest BCUT2D eigenvalue weighted by Crippen LogP contribution is -1.89. The van der Waals surface area contributed by atoms with E-state index in [9.17, 15) is 13.2 Å². The smallest absolute Gasteiger partial charge is 0.280 e. The van der Waals surface area contributed by atoms with Gasteiger partial charge in [0.25, 0.3) is 6.43 Å². The summed E-state index contributed by atoms with van der Waals surface area (Å²) in [4.78, 5) is 0. The van der Waals surface area contributed by atoms with Gasteiger partial charge in [0.15, 0.2) is 11.6 Å². The number of benzene rings is 1. The molecule has 6 heteroatoms. The number of hydrogen-bond acceptors (Lipinski definition) is 2. The van der Waals surface area contributed by atoms with Gasteiger partial charge in [-0.05, 0) is 6.07 Å². The van der Waals surface area contributed by atoms with Gasteiger partial charge in [-0.25, -0.2) is 13.2 Å². The fourth-order valence-corrected chi connectivity index (χ4v) is 1.35. The third-order valence-corrected chi connectivity index (χ3v) is 2.08. The number of aromatic amines is 1. The number of halogens is 3. The Labute approximate surface area is 82.9 Å². The molecule has 0 aliphatic carbocycles. The summed E-state index contributed by atoms with van der Waals surface area (Å²) in [5.74, 6) is -0.705. The van der Waals surface area contributed by atoms with Gasteiger partial charge in [0.1, 0.15) is 5.69 Å². The first-order chi connectivity index (χ1) is 7.13. The zero-order valence-electron chi connectivity index (χ0n) is 7.72. The third-order valence-electron chi connectivity index (χ3n) is 2.08. The lowest BCUT2D eigenvalue weighted by Gasteiger charge is -2.01. The Morgan fingerprint density at radius 3 is 2.73 bits per heavy atom. The number of nitrogens with one attached hydrogen (secondary N) is 1. The lowest BCUT2D eigenvalue weighted by molar-refractivity contribution is 0.147. The Morgan fingerprint density at radius 1 is 1.40 bits per heavy atom. The van der Waals surface area contributed by atoms with Crippen LogP contribution < -0.4 is 4.74 Å². The van der Waals surface area contributed by atoms with Crippen LogP contribution in [-0.2, 0) is 0 Å². The molecule has 3 nitrogen and oxygen atoms in total. The van der Waals surface area contributed by atoms with Crippen LogP contribution in [0.15, 0.2) is 12.1 Å². The van der Waals surface area contributed by atoms with E-state index in [1.807, 2.05) is 0 Å². The molecule has 1 N–H and O–H groups in total. The minimum absolute atomic E-state index is 0.0187. The summed E-state index contributed by atoms with van der Waals surface area (Å²) < 4.78 is 42.8. The number of rotatable bonds is 2. The van der Waals surface area contributed by atoms with Crippen molar-refractivity contribution in [1.82, 2.24) is 10.2 Å². The Morgan fingerprint density at radius 2 is 2.13 bits per heavy atom. The molecule has 0 amide bonds. The zero-order valence-corrected chi connectivity index (χ0v) is 7.72. The van der Waals surface area contributed by atoms with E-state index in [-0.39, 0.29) is 22.3 Å². The molecule has 0 saturated carbocycles. The highest BCUT2D eigenvalue weighted by Gasteiger charge is 2.17. The first-order valence-corrected chi connectivity index (χ1v) is 4.13. The molecule has 2 aromatic rings. The van der Waals surface area contributed by atoms with Crippen molar-refractivity contribution in [2.24, 2.45) is 0 Å². The summed E-state index contributed by atoms with van der Waals surface area (Å²) in [7, 11) is 1.30. The fraction of sp³-hybridized carbons (Fsp3) is 0.222. The Balaban J connectivity index is 2.68. The second kappa shape index (κ2) is 3.45. The highest BCUT2D eigenvalue weighted by Crippen LogP contribution is 2.29. The molecule has 1 aromatic heterocycles. The summed E-state index contributed by atoms with van der Waals surface area (Å²) in [6, 6.07) is 2.26. The molecular formula is C9H7F3N2O. The monoisotopic (exact) mass is 216 g/mol. The highest BCUT2D eigenvalue weighted by atomic mass is 19.3. The fourth-order valence-electron chi connectivity index (χ4n) is 1.35. The van der Waals surface area contributed by atoms with Crippen LogP contribution in [0.25, 0.3) is 10.9 Å². The lowest BCUT2D eigenvalue weighted by atomic mass is 10.2. The average molecular weight is 216 g/mol. The molecule has 0 saturated heterocycles. The van der Waals surface area contributed by atoms with Crippen LogP contribution in [0.4, 0.5) is 13.2 Å². The predicted octanol–water partition coefficient (Wildman–Crippen LogP) is 2.65. The molecule has 80 valence electrons. The second-order valence-electron chi connectivity index (χ2n) is 2.94. The summed E-state index contributed by atoms with van der Waals surface area (Å²) in [5.41, 5.74) is -0.130.